The Balaban J connectivity index is 1.71. The lowest BCUT2D eigenvalue weighted by molar-refractivity contribution is -0.140. The Labute approximate surface area is 102 Å². The Hall–Kier alpha value is -0.650. The van der Waals surface area contributed by atoms with Gasteiger partial charge in [-0.05, 0) is 19.3 Å². The van der Waals surface area contributed by atoms with Gasteiger partial charge in [-0.15, -0.1) is 0 Å². The highest BCUT2D eigenvalue weighted by atomic mass is 16.5. The van der Waals surface area contributed by atoms with Crippen LogP contribution >= 0.6 is 0 Å². The number of morpholine rings is 1. The van der Waals surface area contributed by atoms with Crippen LogP contribution in [-0.4, -0.2) is 61.0 Å². The summed E-state index contributed by atoms with van der Waals surface area (Å²) in [5.74, 6) is 0.155. The first-order chi connectivity index (χ1) is 8.29. The highest BCUT2D eigenvalue weighted by molar-refractivity contribution is 5.76. The molecule has 1 N–H and O–H groups in total. The van der Waals surface area contributed by atoms with Gasteiger partial charge < -0.3 is 19.5 Å². The Kier molecular flexibility index (Phi) is 4.76. The van der Waals surface area contributed by atoms with Crippen molar-refractivity contribution in [2.75, 3.05) is 32.9 Å². The summed E-state index contributed by atoms with van der Waals surface area (Å²) in [5, 5.41) is 9.01. The zero-order valence-electron chi connectivity index (χ0n) is 10.1. The molecule has 98 valence electrons. The van der Waals surface area contributed by atoms with E-state index >= 15 is 0 Å². The molecule has 0 saturated carbocycles. The van der Waals surface area contributed by atoms with Crippen molar-refractivity contribution in [3.63, 3.8) is 0 Å². The number of aliphatic hydroxyl groups is 1. The van der Waals surface area contributed by atoms with E-state index in [2.05, 4.69) is 0 Å². The number of amides is 1. The minimum absolute atomic E-state index is 0.0183. The summed E-state index contributed by atoms with van der Waals surface area (Å²) in [7, 11) is 0. The van der Waals surface area contributed by atoms with Crippen LogP contribution in [0.5, 0.6) is 0 Å². The van der Waals surface area contributed by atoms with Crippen molar-refractivity contribution in [3.05, 3.63) is 0 Å². The first-order valence-electron chi connectivity index (χ1n) is 6.41. The van der Waals surface area contributed by atoms with E-state index in [1.54, 1.807) is 4.90 Å². The molecular formula is C12H21NO4. The average Bonchev–Trinajstić information content (AvgIpc) is 2.89. The quantitative estimate of drug-likeness (QED) is 0.764. The van der Waals surface area contributed by atoms with Crippen molar-refractivity contribution < 1.29 is 19.4 Å². The van der Waals surface area contributed by atoms with Crippen LogP contribution in [0.3, 0.4) is 0 Å². The van der Waals surface area contributed by atoms with E-state index < -0.39 is 0 Å². The van der Waals surface area contributed by atoms with E-state index in [1.807, 2.05) is 0 Å². The van der Waals surface area contributed by atoms with Crippen molar-refractivity contribution in [2.24, 2.45) is 0 Å². The number of carbonyl (C=O) groups is 1. The average molecular weight is 243 g/mol. The maximum atomic E-state index is 11.9. The molecule has 2 unspecified atom stereocenters. The van der Waals surface area contributed by atoms with Gasteiger partial charge in [0.1, 0.15) is 0 Å². The van der Waals surface area contributed by atoms with Gasteiger partial charge in [-0.2, -0.15) is 0 Å². The monoisotopic (exact) mass is 243 g/mol. The molecule has 0 aromatic carbocycles. The summed E-state index contributed by atoms with van der Waals surface area (Å²) in [6.07, 6.45) is 3.62. The maximum Gasteiger partial charge on any atom is 0.222 e. The molecular weight excluding hydrogens is 222 g/mol. The van der Waals surface area contributed by atoms with Gasteiger partial charge in [-0.25, -0.2) is 0 Å². The number of aliphatic hydroxyl groups excluding tert-OH is 1. The number of nitrogens with zero attached hydrogens (tertiary/aromatic N) is 1. The summed E-state index contributed by atoms with van der Waals surface area (Å²) < 4.78 is 10.8. The molecule has 17 heavy (non-hydrogen) atoms. The van der Waals surface area contributed by atoms with E-state index in [4.69, 9.17) is 14.6 Å². The lowest BCUT2D eigenvalue weighted by Gasteiger charge is -2.32. The summed E-state index contributed by atoms with van der Waals surface area (Å²) in [6.45, 7) is 2.50. The molecule has 0 aromatic heterocycles. The fourth-order valence-electron chi connectivity index (χ4n) is 2.37. The molecule has 0 aromatic rings. The van der Waals surface area contributed by atoms with Crippen LogP contribution in [0.4, 0.5) is 0 Å². The van der Waals surface area contributed by atoms with Crippen LogP contribution in [0.15, 0.2) is 0 Å². The smallest absolute Gasteiger partial charge is 0.222 e. The van der Waals surface area contributed by atoms with Gasteiger partial charge in [-0.1, -0.05) is 0 Å². The third-order valence-electron chi connectivity index (χ3n) is 3.40. The van der Waals surface area contributed by atoms with Crippen LogP contribution in [0.25, 0.3) is 0 Å². The Morgan fingerprint density at radius 3 is 2.82 bits per heavy atom. The molecule has 0 bridgehead atoms. The third-order valence-corrected chi connectivity index (χ3v) is 3.40. The first-order valence-corrected chi connectivity index (χ1v) is 6.41. The van der Waals surface area contributed by atoms with E-state index in [-0.39, 0.29) is 24.7 Å². The molecule has 2 fully saturated rings. The van der Waals surface area contributed by atoms with Gasteiger partial charge in [0, 0.05) is 26.1 Å². The molecule has 2 saturated heterocycles. The van der Waals surface area contributed by atoms with Crippen LogP contribution in [0.2, 0.25) is 0 Å². The van der Waals surface area contributed by atoms with Crippen molar-refractivity contribution in [3.8, 4) is 0 Å². The van der Waals surface area contributed by atoms with Gasteiger partial charge >= 0.3 is 0 Å². The first kappa shape index (κ1) is 12.8. The van der Waals surface area contributed by atoms with E-state index in [0.29, 0.717) is 26.1 Å². The van der Waals surface area contributed by atoms with Crippen molar-refractivity contribution >= 4 is 5.91 Å². The molecule has 2 aliphatic heterocycles. The van der Waals surface area contributed by atoms with Crippen LogP contribution in [0.1, 0.15) is 25.7 Å². The van der Waals surface area contributed by atoms with E-state index in [0.717, 1.165) is 25.9 Å². The number of rotatable bonds is 4. The fraction of sp³-hybridized carbons (Fsp3) is 0.917. The fourth-order valence-corrected chi connectivity index (χ4v) is 2.37. The summed E-state index contributed by atoms with van der Waals surface area (Å²) in [6, 6.07) is 0. The molecule has 5 nitrogen and oxygen atoms in total. The number of ether oxygens (including phenoxy) is 2. The zero-order valence-corrected chi connectivity index (χ0v) is 10.1. The van der Waals surface area contributed by atoms with E-state index in [9.17, 15) is 4.79 Å². The second-order valence-electron chi connectivity index (χ2n) is 4.69. The third kappa shape index (κ3) is 3.66. The van der Waals surface area contributed by atoms with Gasteiger partial charge in [0.25, 0.3) is 0 Å². The minimum atomic E-state index is -0.213. The van der Waals surface area contributed by atoms with Gasteiger partial charge in [0.05, 0.1) is 25.4 Å². The molecule has 1 amide bonds. The lowest BCUT2D eigenvalue weighted by atomic mass is 10.1. The van der Waals surface area contributed by atoms with Crippen molar-refractivity contribution in [1.82, 2.24) is 4.90 Å². The van der Waals surface area contributed by atoms with Crippen LogP contribution < -0.4 is 0 Å². The SMILES string of the molecule is O=C(CCC1CCCO1)N1CCOC(CO)C1. The van der Waals surface area contributed by atoms with Crippen LogP contribution in [0, 0.1) is 0 Å². The summed E-state index contributed by atoms with van der Waals surface area (Å²) >= 11 is 0. The van der Waals surface area contributed by atoms with Crippen molar-refractivity contribution in [2.45, 2.75) is 37.9 Å². The lowest BCUT2D eigenvalue weighted by Crippen LogP contribution is -2.47. The molecule has 5 heteroatoms. The van der Waals surface area contributed by atoms with Gasteiger partial charge in [-0.3, -0.25) is 4.79 Å². The number of hydrogen-bond acceptors (Lipinski definition) is 4. The predicted octanol–water partition coefficient (Wildman–Crippen LogP) is 0.165. The largest absolute Gasteiger partial charge is 0.394 e. The minimum Gasteiger partial charge on any atom is -0.394 e. The number of hydrogen-bond donors (Lipinski definition) is 1. The van der Waals surface area contributed by atoms with Gasteiger partial charge in [0.2, 0.25) is 5.91 Å². The normalized spacial score (nSPS) is 29.6. The highest BCUT2D eigenvalue weighted by Gasteiger charge is 2.24. The molecule has 2 aliphatic rings. The van der Waals surface area contributed by atoms with Crippen molar-refractivity contribution in [1.29, 1.82) is 0 Å². The standard InChI is InChI=1S/C12H21NO4/c14-9-11-8-13(5-7-17-11)12(15)4-3-10-2-1-6-16-10/h10-11,14H,1-9H2. The second kappa shape index (κ2) is 6.33. The van der Waals surface area contributed by atoms with Gasteiger partial charge in [0.15, 0.2) is 0 Å². The molecule has 2 heterocycles. The Bertz CT molecular complexity index is 253. The molecule has 0 radical (unpaired) electrons. The summed E-state index contributed by atoms with van der Waals surface area (Å²) in [4.78, 5) is 13.7. The van der Waals surface area contributed by atoms with E-state index in [1.165, 1.54) is 0 Å². The second-order valence-corrected chi connectivity index (χ2v) is 4.69. The summed E-state index contributed by atoms with van der Waals surface area (Å²) in [5.41, 5.74) is 0. The highest BCUT2D eigenvalue weighted by Crippen LogP contribution is 2.18. The molecule has 0 aliphatic carbocycles. The molecule has 2 atom stereocenters. The molecule has 2 rings (SSSR count). The Morgan fingerprint density at radius 2 is 2.12 bits per heavy atom. The topological polar surface area (TPSA) is 59.0 Å². The molecule has 0 spiro atoms. The Morgan fingerprint density at radius 1 is 1.29 bits per heavy atom. The zero-order chi connectivity index (χ0) is 12.1. The predicted molar refractivity (Wildman–Crippen MR) is 61.6 cm³/mol. The van der Waals surface area contributed by atoms with Crippen LogP contribution in [-0.2, 0) is 14.3 Å². The number of carbonyl (C=O) groups excluding carboxylic acids is 1. The maximum absolute atomic E-state index is 11.9.